The molecule has 0 spiro atoms. The first kappa shape index (κ1) is 20.1. The van der Waals surface area contributed by atoms with E-state index in [0.29, 0.717) is 22.2 Å². The predicted octanol–water partition coefficient (Wildman–Crippen LogP) is 4.03. The zero-order valence-electron chi connectivity index (χ0n) is 17.8. The third-order valence-corrected chi connectivity index (χ3v) is 5.76. The van der Waals surface area contributed by atoms with E-state index >= 15 is 0 Å². The van der Waals surface area contributed by atoms with Gasteiger partial charge >= 0.3 is 0 Å². The maximum absolute atomic E-state index is 12.8. The summed E-state index contributed by atoms with van der Waals surface area (Å²) in [6, 6.07) is 7.58. The summed E-state index contributed by atoms with van der Waals surface area (Å²) in [5.74, 6) is -0.157. The highest BCUT2D eigenvalue weighted by atomic mass is 16.2. The molecule has 2 aromatic heterocycles. The lowest BCUT2D eigenvalue weighted by molar-refractivity contribution is 0.0951. The van der Waals surface area contributed by atoms with Gasteiger partial charge in [-0.2, -0.15) is 4.98 Å². The quantitative estimate of drug-likeness (QED) is 0.648. The van der Waals surface area contributed by atoms with Crippen LogP contribution < -0.4 is 10.6 Å². The van der Waals surface area contributed by atoms with Crippen LogP contribution in [0, 0.1) is 6.92 Å². The van der Waals surface area contributed by atoms with Crippen LogP contribution in [-0.4, -0.2) is 32.4 Å². The molecule has 2 amide bonds. The SMILES string of the molecule is CCC(C)(C)n1cc(C(=O)NC2CC2)c2cnc(NC(=O)c3ccc(C)cc3)nc21. The van der Waals surface area contributed by atoms with Crippen LogP contribution in [0.5, 0.6) is 0 Å². The number of aromatic nitrogens is 3. The van der Waals surface area contributed by atoms with Crippen molar-refractivity contribution in [2.24, 2.45) is 0 Å². The highest BCUT2D eigenvalue weighted by molar-refractivity contribution is 6.07. The van der Waals surface area contributed by atoms with Crippen molar-refractivity contribution in [3.63, 3.8) is 0 Å². The molecule has 2 heterocycles. The standard InChI is InChI=1S/C23H27N5O2/c1-5-23(3,4)28-13-18(21(30)25-16-10-11-16)17-12-24-22(26-19(17)28)27-20(29)15-8-6-14(2)7-9-15/h6-9,12-13,16H,5,10-11H2,1-4H3,(H,25,30)(H,24,26,27,29). The number of benzene rings is 1. The normalized spacial score (nSPS) is 14.0. The van der Waals surface area contributed by atoms with E-state index in [-0.39, 0.29) is 29.3 Å². The van der Waals surface area contributed by atoms with Gasteiger partial charge in [-0.25, -0.2) is 4.98 Å². The van der Waals surface area contributed by atoms with Gasteiger partial charge in [0, 0.05) is 29.5 Å². The Kier molecular flexibility index (Phi) is 5.05. The molecule has 7 nitrogen and oxygen atoms in total. The summed E-state index contributed by atoms with van der Waals surface area (Å²) in [4.78, 5) is 34.3. The maximum Gasteiger partial charge on any atom is 0.258 e. The van der Waals surface area contributed by atoms with Crippen LogP contribution in [0.1, 0.15) is 66.3 Å². The summed E-state index contributed by atoms with van der Waals surface area (Å²) in [5, 5.41) is 6.50. The summed E-state index contributed by atoms with van der Waals surface area (Å²) < 4.78 is 2.01. The molecule has 0 bridgehead atoms. The Morgan fingerprint density at radius 3 is 2.50 bits per heavy atom. The minimum absolute atomic E-state index is 0.104. The molecular weight excluding hydrogens is 378 g/mol. The van der Waals surface area contributed by atoms with E-state index in [0.717, 1.165) is 24.8 Å². The second-order valence-electron chi connectivity index (χ2n) is 8.58. The lowest BCUT2D eigenvalue weighted by atomic mass is 10.0. The number of carbonyl (C=O) groups excluding carboxylic acids is 2. The molecule has 1 aromatic carbocycles. The van der Waals surface area contributed by atoms with Gasteiger partial charge in [0.1, 0.15) is 5.65 Å². The van der Waals surface area contributed by atoms with Crippen molar-refractivity contribution in [1.29, 1.82) is 0 Å². The van der Waals surface area contributed by atoms with Crippen molar-refractivity contribution < 1.29 is 9.59 Å². The van der Waals surface area contributed by atoms with E-state index in [2.05, 4.69) is 41.4 Å². The van der Waals surface area contributed by atoms with Crippen molar-refractivity contribution in [3.05, 3.63) is 53.3 Å². The van der Waals surface area contributed by atoms with Crippen molar-refractivity contribution in [2.75, 3.05) is 5.32 Å². The lowest BCUT2D eigenvalue weighted by Gasteiger charge is -2.25. The fourth-order valence-corrected chi connectivity index (χ4v) is 3.25. The fraction of sp³-hybridized carbons (Fsp3) is 0.391. The van der Waals surface area contributed by atoms with Gasteiger partial charge in [0.2, 0.25) is 5.95 Å². The molecule has 0 radical (unpaired) electrons. The Morgan fingerprint density at radius 1 is 1.17 bits per heavy atom. The topological polar surface area (TPSA) is 88.9 Å². The van der Waals surface area contributed by atoms with Crippen LogP contribution in [0.4, 0.5) is 5.95 Å². The second-order valence-corrected chi connectivity index (χ2v) is 8.58. The zero-order valence-corrected chi connectivity index (χ0v) is 17.8. The first-order valence-corrected chi connectivity index (χ1v) is 10.4. The summed E-state index contributed by atoms with van der Waals surface area (Å²) >= 11 is 0. The van der Waals surface area contributed by atoms with Crippen molar-refractivity contribution in [3.8, 4) is 0 Å². The average molecular weight is 406 g/mol. The lowest BCUT2D eigenvalue weighted by Crippen LogP contribution is -2.26. The molecule has 3 aromatic rings. The maximum atomic E-state index is 12.8. The molecule has 7 heteroatoms. The van der Waals surface area contributed by atoms with Crippen LogP contribution in [0.3, 0.4) is 0 Å². The Bertz CT molecular complexity index is 1110. The van der Waals surface area contributed by atoms with Crippen LogP contribution >= 0.6 is 0 Å². The monoisotopic (exact) mass is 405 g/mol. The smallest absolute Gasteiger partial charge is 0.258 e. The third kappa shape index (κ3) is 3.92. The highest BCUT2D eigenvalue weighted by Gasteiger charge is 2.29. The Labute approximate surface area is 175 Å². The summed E-state index contributed by atoms with van der Waals surface area (Å²) in [7, 11) is 0. The van der Waals surface area contributed by atoms with Gasteiger partial charge in [-0.1, -0.05) is 24.6 Å². The number of aryl methyl sites for hydroxylation is 1. The highest BCUT2D eigenvalue weighted by Crippen LogP contribution is 2.30. The van der Waals surface area contributed by atoms with Crippen molar-refractivity contribution in [1.82, 2.24) is 19.9 Å². The molecule has 4 rings (SSSR count). The fourth-order valence-electron chi connectivity index (χ4n) is 3.25. The first-order chi connectivity index (χ1) is 14.3. The number of hydrogen-bond acceptors (Lipinski definition) is 4. The number of fused-ring (bicyclic) bond motifs is 1. The first-order valence-electron chi connectivity index (χ1n) is 10.4. The molecule has 156 valence electrons. The summed E-state index contributed by atoms with van der Waals surface area (Å²) in [6.07, 6.45) is 6.38. The van der Waals surface area contributed by atoms with Crippen LogP contribution in [0.15, 0.2) is 36.7 Å². The second kappa shape index (κ2) is 7.55. The van der Waals surface area contributed by atoms with E-state index < -0.39 is 0 Å². The predicted molar refractivity (Wildman–Crippen MR) is 117 cm³/mol. The van der Waals surface area contributed by atoms with Gasteiger partial charge in [-0.3, -0.25) is 14.9 Å². The molecule has 0 unspecified atom stereocenters. The minimum Gasteiger partial charge on any atom is -0.349 e. The Hall–Kier alpha value is -3.22. The molecule has 1 fully saturated rings. The van der Waals surface area contributed by atoms with E-state index in [1.165, 1.54) is 0 Å². The number of hydrogen-bond donors (Lipinski definition) is 2. The number of nitrogens with zero attached hydrogens (tertiary/aromatic N) is 3. The number of nitrogens with one attached hydrogen (secondary N) is 2. The average Bonchev–Trinajstić information content (AvgIpc) is 3.45. The molecule has 0 saturated heterocycles. The number of rotatable bonds is 6. The third-order valence-electron chi connectivity index (χ3n) is 5.76. The Balaban J connectivity index is 1.71. The molecular formula is C23H27N5O2. The number of anilines is 1. The van der Waals surface area contributed by atoms with Gasteiger partial charge in [0.15, 0.2) is 0 Å². The van der Waals surface area contributed by atoms with Gasteiger partial charge in [-0.05, 0) is 52.2 Å². The van der Waals surface area contributed by atoms with E-state index in [1.807, 2.05) is 29.8 Å². The molecule has 0 aliphatic heterocycles. The molecule has 2 N–H and O–H groups in total. The van der Waals surface area contributed by atoms with Crippen LogP contribution in [0.25, 0.3) is 11.0 Å². The van der Waals surface area contributed by atoms with E-state index in [1.54, 1.807) is 18.3 Å². The summed E-state index contributed by atoms with van der Waals surface area (Å²) in [5.41, 5.74) is 2.58. The number of carbonyl (C=O) groups is 2. The molecule has 1 saturated carbocycles. The number of amides is 2. The van der Waals surface area contributed by atoms with E-state index in [9.17, 15) is 9.59 Å². The van der Waals surface area contributed by atoms with Crippen LogP contribution in [0.2, 0.25) is 0 Å². The van der Waals surface area contributed by atoms with Gasteiger partial charge in [-0.15, -0.1) is 0 Å². The minimum atomic E-state index is -0.270. The Morgan fingerprint density at radius 2 is 1.87 bits per heavy atom. The molecule has 1 aliphatic carbocycles. The van der Waals surface area contributed by atoms with Crippen molar-refractivity contribution >= 4 is 28.8 Å². The molecule has 30 heavy (non-hydrogen) atoms. The van der Waals surface area contributed by atoms with Crippen LogP contribution in [-0.2, 0) is 5.54 Å². The summed E-state index contributed by atoms with van der Waals surface area (Å²) in [6.45, 7) is 8.26. The van der Waals surface area contributed by atoms with E-state index in [4.69, 9.17) is 0 Å². The van der Waals surface area contributed by atoms with Gasteiger partial charge < -0.3 is 9.88 Å². The van der Waals surface area contributed by atoms with Gasteiger partial charge in [0.25, 0.3) is 11.8 Å². The largest absolute Gasteiger partial charge is 0.349 e. The molecule has 0 atom stereocenters. The van der Waals surface area contributed by atoms with Crippen molar-refractivity contribution in [2.45, 2.75) is 58.5 Å². The molecule has 1 aliphatic rings. The zero-order chi connectivity index (χ0) is 21.5. The van der Waals surface area contributed by atoms with Gasteiger partial charge in [0.05, 0.1) is 10.9 Å².